The van der Waals surface area contributed by atoms with Crippen LogP contribution in [-0.2, 0) is 5.54 Å². The van der Waals surface area contributed by atoms with Gasteiger partial charge in [0.05, 0.1) is 18.0 Å². The van der Waals surface area contributed by atoms with Crippen molar-refractivity contribution in [3.63, 3.8) is 0 Å². The molecule has 0 bridgehead atoms. The Morgan fingerprint density at radius 3 is 2.54 bits per heavy atom. The lowest BCUT2D eigenvalue weighted by Crippen LogP contribution is -2.31. The van der Waals surface area contributed by atoms with Crippen LogP contribution in [0.25, 0.3) is 11.0 Å². The van der Waals surface area contributed by atoms with Gasteiger partial charge in [0.25, 0.3) is 0 Å². The highest BCUT2D eigenvalue weighted by Crippen LogP contribution is 2.27. The maximum absolute atomic E-state index is 14.6. The number of carbonyl (C=O) groups is 1. The standard InChI is InChI=1S/C17H20F2N4O3/c1-17(2,3)23-5-9(16(25)26)13(24)8-4-10(18)15(21-14(8)23)22-6-11(19)12(20)7-22/h4-5,11-12H,6-7,20H2,1-3H3,(H,25,26)/t11-,12-/m1/s1. The summed E-state index contributed by atoms with van der Waals surface area (Å²) in [5, 5.41) is 9.14. The quantitative estimate of drug-likeness (QED) is 0.835. The van der Waals surface area contributed by atoms with Crippen molar-refractivity contribution in [2.75, 3.05) is 18.0 Å². The summed E-state index contributed by atoms with van der Waals surface area (Å²) in [7, 11) is 0. The van der Waals surface area contributed by atoms with Gasteiger partial charge in [-0.2, -0.15) is 0 Å². The third kappa shape index (κ3) is 2.92. The second kappa shape index (κ2) is 6.01. The fourth-order valence-electron chi connectivity index (χ4n) is 3.06. The van der Waals surface area contributed by atoms with Crippen molar-refractivity contribution in [2.45, 2.75) is 38.5 Å². The molecule has 140 valence electrons. The number of carboxylic acid groups (broad SMARTS) is 1. The number of halogens is 2. The zero-order chi connectivity index (χ0) is 19.4. The van der Waals surface area contributed by atoms with Gasteiger partial charge in [0.15, 0.2) is 11.6 Å². The maximum Gasteiger partial charge on any atom is 0.341 e. The third-order valence-electron chi connectivity index (χ3n) is 4.46. The number of hydrogen-bond acceptors (Lipinski definition) is 5. The van der Waals surface area contributed by atoms with Crippen LogP contribution in [0.5, 0.6) is 0 Å². The van der Waals surface area contributed by atoms with E-state index in [1.54, 1.807) is 20.8 Å². The van der Waals surface area contributed by atoms with Crippen molar-refractivity contribution >= 4 is 22.8 Å². The van der Waals surface area contributed by atoms with Gasteiger partial charge in [-0.25, -0.2) is 18.6 Å². The molecule has 0 unspecified atom stereocenters. The summed E-state index contributed by atoms with van der Waals surface area (Å²) in [5.74, 6) is -2.32. The van der Waals surface area contributed by atoms with Gasteiger partial charge in [-0.05, 0) is 26.8 Å². The molecule has 1 saturated heterocycles. The Bertz CT molecular complexity index is 942. The Kier molecular flexibility index (Phi) is 4.22. The van der Waals surface area contributed by atoms with Gasteiger partial charge in [-0.15, -0.1) is 0 Å². The minimum atomic E-state index is -1.40. The van der Waals surface area contributed by atoms with Crippen molar-refractivity contribution < 1.29 is 18.7 Å². The Morgan fingerprint density at radius 2 is 2.04 bits per heavy atom. The number of hydrogen-bond donors (Lipinski definition) is 2. The van der Waals surface area contributed by atoms with Crippen LogP contribution in [0.4, 0.5) is 14.6 Å². The van der Waals surface area contributed by atoms with E-state index >= 15 is 0 Å². The van der Waals surface area contributed by atoms with Crippen LogP contribution in [0.15, 0.2) is 17.1 Å². The van der Waals surface area contributed by atoms with E-state index in [-0.39, 0.29) is 29.9 Å². The molecule has 0 spiro atoms. The van der Waals surface area contributed by atoms with Gasteiger partial charge in [0.2, 0.25) is 5.43 Å². The van der Waals surface area contributed by atoms with E-state index in [0.29, 0.717) is 0 Å². The fraction of sp³-hybridized carbons (Fsp3) is 0.471. The van der Waals surface area contributed by atoms with Crippen molar-refractivity contribution in [1.29, 1.82) is 0 Å². The minimum Gasteiger partial charge on any atom is -0.477 e. The van der Waals surface area contributed by atoms with E-state index in [9.17, 15) is 23.5 Å². The number of anilines is 1. The zero-order valence-corrected chi connectivity index (χ0v) is 14.7. The summed E-state index contributed by atoms with van der Waals surface area (Å²) >= 11 is 0. The van der Waals surface area contributed by atoms with Crippen LogP contribution >= 0.6 is 0 Å². The van der Waals surface area contributed by atoms with E-state index in [2.05, 4.69) is 4.98 Å². The average Bonchev–Trinajstić information content (AvgIpc) is 2.85. The number of nitrogens with two attached hydrogens (primary N) is 1. The minimum absolute atomic E-state index is 0.0937. The molecule has 1 aliphatic heterocycles. The first-order valence-electron chi connectivity index (χ1n) is 8.15. The van der Waals surface area contributed by atoms with E-state index in [1.807, 2.05) is 0 Å². The molecular formula is C17H20F2N4O3. The monoisotopic (exact) mass is 366 g/mol. The summed E-state index contributed by atoms with van der Waals surface area (Å²) < 4.78 is 29.9. The molecule has 0 amide bonds. The van der Waals surface area contributed by atoms with Gasteiger partial charge in [0.1, 0.15) is 17.4 Å². The molecule has 26 heavy (non-hydrogen) atoms. The fourth-order valence-corrected chi connectivity index (χ4v) is 3.06. The van der Waals surface area contributed by atoms with Crippen LogP contribution in [0.3, 0.4) is 0 Å². The molecular weight excluding hydrogens is 346 g/mol. The van der Waals surface area contributed by atoms with E-state index in [4.69, 9.17) is 5.73 Å². The molecule has 0 saturated carbocycles. The number of nitrogens with zero attached hydrogens (tertiary/aromatic N) is 3. The van der Waals surface area contributed by atoms with Crippen LogP contribution in [0.2, 0.25) is 0 Å². The van der Waals surface area contributed by atoms with E-state index in [1.165, 1.54) is 15.7 Å². The second-order valence-electron chi connectivity index (χ2n) is 7.47. The Morgan fingerprint density at radius 1 is 1.38 bits per heavy atom. The topological polar surface area (TPSA) is 101 Å². The molecule has 9 heteroatoms. The first-order valence-corrected chi connectivity index (χ1v) is 8.15. The smallest absolute Gasteiger partial charge is 0.341 e. The first kappa shape index (κ1) is 18.2. The summed E-state index contributed by atoms with van der Waals surface area (Å²) in [4.78, 5) is 29.5. The highest BCUT2D eigenvalue weighted by Gasteiger charge is 2.33. The molecule has 2 aromatic heterocycles. The van der Waals surface area contributed by atoms with Gasteiger partial charge < -0.3 is 20.3 Å². The largest absolute Gasteiger partial charge is 0.477 e. The molecule has 1 fully saturated rings. The first-order chi connectivity index (χ1) is 12.0. The third-order valence-corrected chi connectivity index (χ3v) is 4.46. The Balaban J connectivity index is 2.31. The van der Waals surface area contributed by atoms with Crippen LogP contribution in [0, 0.1) is 5.82 Å². The number of pyridine rings is 2. The molecule has 2 aromatic rings. The predicted molar refractivity (Wildman–Crippen MR) is 93.0 cm³/mol. The Labute approximate surface area is 148 Å². The van der Waals surface area contributed by atoms with Crippen molar-refractivity contribution in [3.8, 4) is 0 Å². The number of fused-ring (bicyclic) bond motifs is 1. The van der Waals surface area contributed by atoms with Gasteiger partial charge >= 0.3 is 5.97 Å². The number of alkyl halides is 1. The summed E-state index contributed by atoms with van der Waals surface area (Å²) in [5.41, 5.74) is 3.90. The number of rotatable bonds is 2. The normalized spacial score (nSPS) is 20.8. The van der Waals surface area contributed by atoms with Crippen molar-refractivity contribution in [3.05, 3.63) is 33.9 Å². The lowest BCUT2D eigenvalue weighted by molar-refractivity contribution is 0.0694. The summed E-state index contributed by atoms with van der Waals surface area (Å²) in [6, 6.07) is 0.220. The summed E-state index contributed by atoms with van der Waals surface area (Å²) in [6.45, 7) is 5.41. The SMILES string of the molecule is CC(C)(C)n1cc(C(=O)O)c(=O)c2cc(F)c(N3C[C@@H](N)[C@H](F)C3)nc21. The number of aromatic carboxylic acids is 1. The molecule has 2 atom stereocenters. The van der Waals surface area contributed by atoms with Crippen LogP contribution < -0.4 is 16.1 Å². The molecule has 1 aliphatic rings. The molecule has 0 radical (unpaired) electrons. The number of aromatic nitrogens is 2. The highest BCUT2D eigenvalue weighted by molar-refractivity contribution is 5.92. The van der Waals surface area contributed by atoms with Gasteiger partial charge in [-0.1, -0.05) is 0 Å². The highest BCUT2D eigenvalue weighted by atomic mass is 19.1. The molecule has 3 heterocycles. The molecule has 0 aromatic carbocycles. The molecule has 7 nitrogen and oxygen atoms in total. The van der Waals surface area contributed by atoms with Crippen LogP contribution in [-0.4, -0.2) is 45.9 Å². The predicted octanol–water partition coefficient (Wildman–Crippen LogP) is 1.47. The molecule has 0 aliphatic carbocycles. The lowest BCUT2D eigenvalue weighted by Gasteiger charge is -2.26. The van der Waals surface area contributed by atoms with Gasteiger partial charge in [-0.3, -0.25) is 4.79 Å². The van der Waals surface area contributed by atoms with Crippen molar-refractivity contribution in [2.24, 2.45) is 5.73 Å². The Hall–Kier alpha value is -2.55. The van der Waals surface area contributed by atoms with Gasteiger partial charge in [0, 0.05) is 18.3 Å². The van der Waals surface area contributed by atoms with E-state index < -0.39 is 40.5 Å². The maximum atomic E-state index is 14.6. The second-order valence-corrected chi connectivity index (χ2v) is 7.47. The van der Waals surface area contributed by atoms with Crippen molar-refractivity contribution in [1.82, 2.24) is 9.55 Å². The summed E-state index contributed by atoms with van der Waals surface area (Å²) in [6.07, 6.45) is -0.0962. The zero-order valence-electron chi connectivity index (χ0n) is 14.7. The lowest BCUT2D eigenvalue weighted by atomic mass is 10.1. The van der Waals surface area contributed by atoms with E-state index in [0.717, 1.165) is 6.07 Å². The molecule has 3 rings (SSSR count). The number of carboxylic acids is 1. The average molecular weight is 366 g/mol. The molecule has 3 N–H and O–H groups in total. The van der Waals surface area contributed by atoms with Crippen LogP contribution in [0.1, 0.15) is 31.1 Å².